The van der Waals surface area contributed by atoms with E-state index in [2.05, 4.69) is 5.32 Å². The number of alkyl carbamates (subject to hydrolysis) is 1. The molecule has 1 fully saturated rings. The van der Waals surface area contributed by atoms with Crippen molar-refractivity contribution < 1.29 is 29.0 Å². The lowest BCUT2D eigenvalue weighted by Crippen LogP contribution is -2.38. The maximum atomic E-state index is 11.9. The molecule has 0 saturated heterocycles. The summed E-state index contributed by atoms with van der Waals surface area (Å²) >= 11 is 0. The molecule has 0 radical (unpaired) electrons. The van der Waals surface area contributed by atoms with Crippen LogP contribution in [0.5, 0.6) is 0 Å². The molecular formula is C17H29NO6. The fourth-order valence-corrected chi connectivity index (χ4v) is 2.54. The summed E-state index contributed by atoms with van der Waals surface area (Å²) in [5, 5.41) is 11.7. The van der Waals surface area contributed by atoms with Crippen molar-refractivity contribution in [2.75, 3.05) is 6.54 Å². The van der Waals surface area contributed by atoms with Crippen LogP contribution < -0.4 is 5.32 Å². The Kier molecular flexibility index (Phi) is 8.01. The molecule has 138 valence electrons. The van der Waals surface area contributed by atoms with Crippen LogP contribution in [0.2, 0.25) is 0 Å². The summed E-state index contributed by atoms with van der Waals surface area (Å²) in [4.78, 5) is 34.5. The summed E-state index contributed by atoms with van der Waals surface area (Å²) in [5.41, 5.74) is 0. The number of carboxylic acid groups (broad SMARTS) is 1. The first kappa shape index (κ1) is 20.3. The number of hydrogen-bond donors (Lipinski definition) is 2. The van der Waals surface area contributed by atoms with E-state index in [1.165, 1.54) is 0 Å². The lowest BCUT2D eigenvalue weighted by Gasteiger charge is -2.27. The van der Waals surface area contributed by atoms with Gasteiger partial charge in [0.05, 0.1) is 11.8 Å². The second-order valence-electron chi connectivity index (χ2n) is 7.05. The van der Waals surface area contributed by atoms with Gasteiger partial charge in [0.15, 0.2) is 0 Å². The van der Waals surface area contributed by atoms with E-state index >= 15 is 0 Å². The van der Waals surface area contributed by atoms with E-state index in [0.29, 0.717) is 19.4 Å². The Hall–Kier alpha value is -1.79. The first-order chi connectivity index (χ1) is 11.2. The number of carbonyl (C=O) groups excluding carboxylic acids is 2. The number of ether oxygens (including phenoxy) is 2. The van der Waals surface area contributed by atoms with Gasteiger partial charge >= 0.3 is 18.0 Å². The van der Waals surface area contributed by atoms with Crippen LogP contribution in [-0.2, 0) is 19.1 Å². The predicted molar refractivity (Wildman–Crippen MR) is 87.1 cm³/mol. The summed E-state index contributed by atoms with van der Waals surface area (Å²) in [6.45, 7) is 7.48. The van der Waals surface area contributed by atoms with Gasteiger partial charge in [0.1, 0.15) is 0 Å². The second-order valence-corrected chi connectivity index (χ2v) is 7.05. The number of hydrogen-bond acceptors (Lipinski definition) is 5. The third-order valence-corrected chi connectivity index (χ3v) is 4.20. The average molecular weight is 343 g/mol. The second kappa shape index (κ2) is 9.49. The quantitative estimate of drug-likeness (QED) is 0.544. The van der Waals surface area contributed by atoms with E-state index in [1.54, 1.807) is 27.7 Å². The number of nitrogens with one attached hydrogen (secondary N) is 1. The first-order valence-corrected chi connectivity index (χ1v) is 8.58. The monoisotopic (exact) mass is 343 g/mol. The minimum absolute atomic E-state index is 0.149. The summed E-state index contributed by atoms with van der Waals surface area (Å²) in [6, 6.07) is 0. The number of esters is 1. The number of carboxylic acids is 1. The van der Waals surface area contributed by atoms with Crippen LogP contribution in [-0.4, -0.2) is 36.0 Å². The molecule has 1 rings (SSSR count). The molecule has 24 heavy (non-hydrogen) atoms. The molecule has 1 amide bonds. The van der Waals surface area contributed by atoms with Crippen LogP contribution in [0.4, 0.5) is 4.79 Å². The molecule has 0 aromatic heterocycles. The molecule has 0 aromatic carbocycles. The zero-order chi connectivity index (χ0) is 18.3. The Balaban J connectivity index is 2.36. The molecule has 1 aliphatic rings. The van der Waals surface area contributed by atoms with Gasteiger partial charge in [0, 0.05) is 12.5 Å². The van der Waals surface area contributed by atoms with Crippen molar-refractivity contribution in [3.05, 3.63) is 0 Å². The fourth-order valence-electron chi connectivity index (χ4n) is 2.54. The highest BCUT2D eigenvalue weighted by atomic mass is 16.7. The van der Waals surface area contributed by atoms with E-state index in [9.17, 15) is 14.4 Å². The number of aliphatic carboxylic acids is 1. The van der Waals surface area contributed by atoms with Gasteiger partial charge in [0.2, 0.25) is 0 Å². The van der Waals surface area contributed by atoms with Crippen LogP contribution in [0.25, 0.3) is 0 Å². The van der Waals surface area contributed by atoms with Crippen LogP contribution in [0.1, 0.15) is 53.4 Å². The minimum Gasteiger partial charge on any atom is -0.481 e. The Bertz CT molecular complexity index is 440. The maximum absolute atomic E-state index is 11.9. The molecule has 2 N–H and O–H groups in total. The highest BCUT2D eigenvalue weighted by Gasteiger charge is 2.27. The molecular weight excluding hydrogens is 314 g/mol. The molecule has 1 saturated carbocycles. The van der Waals surface area contributed by atoms with Crippen molar-refractivity contribution in [3.8, 4) is 0 Å². The fraction of sp³-hybridized carbons (Fsp3) is 0.824. The normalized spacial score (nSPS) is 22.1. The van der Waals surface area contributed by atoms with Crippen molar-refractivity contribution in [2.45, 2.75) is 59.7 Å². The predicted octanol–water partition coefficient (Wildman–Crippen LogP) is 2.78. The summed E-state index contributed by atoms with van der Waals surface area (Å²) in [7, 11) is 0. The summed E-state index contributed by atoms with van der Waals surface area (Å²) in [6.07, 6.45) is 1.28. The molecule has 1 atom stereocenters. The van der Waals surface area contributed by atoms with Crippen molar-refractivity contribution in [3.63, 3.8) is 0 Å². The highest BCUT2D eigenvalue weighted by molar-refractivity contribution is 5.72. The Morgan fingerprint density at radius 2 is 1.62 bits per heavy atom. The summed E-state index contributed by atoms with van der Waals surface area (Å²) < 4.78 is 10.4. The molecule has 7 heteroatoms. The Morgan fingerprint density at radius 1 is 1.04 bits per heavy atom. The van der Waals surface area contributed by atoms with Gasteiger partial charge in [-0.15, -0.1) is 0 Å². The standard InChI is InChI=1S/C17H29NO6/c1-10(2)15(21)23-16(11(3)4)24-17(22)18-9-12-5-7-13(8-6-12)14(19)20/h10-13,16H,5-9H2,1-4H3,(H,18,22)(H,19,20)/t12?,13?,16-/m0/s1. The van der Waals surface area contributed by atoms with E-state index in [0.717, 1.165) is 12.8 Å². The Labute approximate surface area is 143 Å². The lowest BCUT2D eigenvalue weighted by molar-refractivity contribution is -0.178. The average Bonchev–Trinajstić information content (AvgIpc) is 2.52. The molecule has 0 heterocycles. The first-order valence-electron chi connectivity index (χ1n) is 8.58. The van der Waals surface area contributed by atoms with Gasteiger partial charge in [-0.2, -0.15) is 0 Å². The van der Waals surface area contributed by atoms with Gasteiger partial charge < -0.3 is 19.9 Å². The van der Waals surface area contributed by atoms with E-state index < -0.39 is 24.3 Å². The third-order valence-electron chi connectivity index (χ3n) is 4.20. The Morgan fingerprint density at radius 3 is 2.08 bits per heavy atom. The van der Waals surface area contributed by atoms with Gasteiger partial charge in [-0.3, -0.25) is 9.59 Å². The van der Waals surface area contributed by atoms with Gasteiger partial charge in [-0.25, -0.2) is 4.79 Å². The number of amides is 1. The molecule has 0 aromatic rings. The smallest absolute Gasteiger partial charge is 0.410 e. The van der Waals surface area contributed by atoms with E-state index in [4.69, 9.17) is 14.6 Å². The zero-order valence-corrected chi connectivity index (χ0v) is 14.9. The van der Waals surface area contributed by atoms with E-state index in [1.807, 2.05) is 0 Å². The third kappa shape index (κ3) is 6.76. The lowest BCUT2D eigenvalue weighted by atomic mass is 9.82. The van der Waals surface area contributed by atoms with E-state index in [-0.39, 0.29) is 23.7 Å². The van der Waals surface area contributed by atoms with Crippen molar-refractivity contribution in [1.29, 1.82) is 0 Å². The van der Waals surface area contributed by atoms with Crippen LogP contribution >= 0.6 is 0 Å². The zero-order valence-electron chi connectivity index (χ0n) is 14.9. The SMILES string of the molecule is CC(C)C(=O)O[C@@H](OC(=O)NCC1CCC(C(=O)O)CC1)C(C)C. The summed E-state index contributed by atoms with van der Waals surface area (Å²) in [5.74, 6) is -1.61. The molecule has 0 spiro atoms. The van der Waals surface area contributed by atoms with Crippen LogP contribution in [0, 0.1) is 23.7 Å². The molecule has 1 aliphatic carbocycles. The minimum atomic E-state index is -0.914. The maximum Gasteiger partial charge on any atom is 0.410 e. The topological polar surface area (TPSA) is 102 Å². The van der Waals surface area contributed by atoms with Crippen molar-refractivity contribution >= 4 is 18.0 Å². The largest absolute Gasteiger partial charge is 0.481 e. The van der Waals surface area contributed by atoms with Gasteiger partial charge in [0.25, 0.3) is 6.29 Å². The van der Waals surface area contributed by atoms with Crippen molar-refractivity contribution in [1.82, 2.24) is 5.32 Å². The molecule has 0 unspecified atom stereocenters. The van der Waals surface area contributed by atoms with Crippen LogP contribution in [0.3, 0.4) is 0 Å². The van der Waals surface area contributed by atoms with Crippen LogP contribution in [0.15, 0.2) is 0 Å². The molecule has 7 nitrogen and oxygen atoms in total. The number of rotatable bonds is 7. The van der Waals surface area contributed by atoms with Gasteiger partial charge in [-0.1, -0.05) is 27.7 Å². The highest BCUT2D eigenvalue weighted by Crippen LogP contribution is 2.28. The molecule has 0 aliphatic heterocycles. The molecule has 0 bridgehead atoms. The van der Waals surface area contributed by atoms with Crippen molar-refractivity contribution in [2.24, 2.45) is 23.7 Å². The van der Waals surface area contributed by atoms with Gasteiger partial charge in [-0.05, 0) is 31.6 Å². The number of carbonyl (C=O) groups is 3.